The topological polar surface area (TPSA) is 77.6 Å². The van der Waals surface area contributed by atoms with Crippen molar-refractivity contribution in [2.24, 2.45) is 7.05 Å². The summed E-state index contributed by atoms with van der Waals surface area (Å²) in [6.07, 6.45) is 0. The van der Waals surface area contributed by atoms with E-state index in [2.05, 4.69) is 25.6 Å². The van der Waals surface area contributed by atoms with E-state index in [9.17, 15) is 8.78 Å². The van der Waals surface area contributed by atoms with Crippen molar-refractivity contribution in [3.05, 3.63) is 64.9 Å². The van der Waals surface area contributed by atoms with Crippen molar-refractivity contribution >= 4 is 17.5 Å². The first-order valence-electron chi connectivity index (χ1n) is 8.98. The summed E-state index contributed by atoms with van der Waals surface area (Å²) in [5, 5.41) is 21.5. The molecule has 0 spiro atoms. The van der Waals surface area contributed by atoms with E-state index >= 15 is 0 Å². The van der Waals surface area contributed by atoms with Crippen molar-refractivity contribution < 1.29 is 8.78 Å². The Morgan fingerprint density at radius 3 is 2.47 bits per heavy atom. The van der Waals surface area contributed by atoms with Crippen LogP contribution in [-0.2, 0) is 7.05 Å². The fraction of sp³-hybridized carbons (Fsp3) is 0.211. The van der Waals surface area contributed by atoms with Gasteiger partial charge in [-0.05, 0) is 42.5 Å². The maximum absolute atomic E-state index is 13.6. The lowest BCUT2D eigenvalue weighted by Gasteiger charge is -2.22. The van der Waals surface area contributed by atoms with Crippen molar-refractivity contribution in [1.82, 2.24) is 35.0 Å². The van der Waals surface area contributed by atoms with Gasteiger partial charge in [0.05, 0.1) is 11.7 Å². The zero-order valence-electron chi connectivity index (χ0n) is 16.3. The van der Waals surface area contributed by atoms with Crippen molar-refractivity contribution in [3.8, 4) is 17.1 Å². The van der Waals surface area contributed by atoms with Crippen LogP contribution < -0.4 is 4.90 Å². The summed E-state index contributed by atoms with van der Waals surface area (Å²) >= 11 is 6.02. The van der Waals surface area contributed by atoms with Crippen LogP contribution in [0.5, 0.6) is 0 Å². The average Bonchev–Trinajstić information content (AvgIpc) is 3.33. The number of rotatable bonds is 5. The van der Waals surface area contributed by atoms with Crippen LogP contribution in [0.1, 0.15) is 18.8 Å². The van der Waals surface area contributed by atoms with Gasteiger partial charge >= 0.3 is 0 Å². The Kier molecular flexibility index (Phi) is 5.17. The van der Waals surface area contributed by atoms with Crippen LogP contribution in [0.15, 0.2) is 42.5 Å². The van der Waals surface area contributed by atoms with E-state index in [1.165, 1.54) is 16.9 Å². The highest BCUT2D eigenvalue weighted by atomic mass is 35.5. The van der Waals surface area contributed by atoms with Gasteiger partial charge in [0.25, 0.3) is 0 Å². The molecule has 0 radical (unpaired) electrons. The monoisotopic (exact) mass is 430 g/mol. The largest absolute Gasteiger partial charge is 0.334 e. The minimum atomic E-state index is -0.682. The molecule has 1 atom stereocenters. The van der Waals surface area contributed by atoms with Crippen LogP contribution >= 0.6 is 11.6 Å². The number of halogens is 3. The van der Waals surface area contributed by atoms with Gasteiger partial charge < -0.3 is 4.90 Å². The Bertz CT molecular complexity index is 1180. The molecule has 30 heavy (non-hydrogen) atoms. The minimum Gasteiger partial charge on any atom is -0.334 e. The third-order valence-corrected chi connectivity index (χ3v) is 4.95. The molecule has 8 nitrogen and oxygen atoms in total. The van der Waals surface area contributed by atoms with Crippen molar-refractivity contribution in [2.45, 2.75) is 13.0 Å². The molecule has 0 amide bonds. The summed E-state index contributed by atoms with van der Waals surface area (Å²) in [7, 11) is 3.51. The van der Waals surface area contributed by atoms with Gasteiger partial charge in [-0.1, -0.05) is 17.7 Å². The van der Waals surface area contributed by atoms with Crippen LogP contribution in [0, 0.1) is 11.6 Å². The van der Waals surface area contributed by atoms with E-state index < -0.39 is 11.6 Å². The Morgan fingerprint density at radius 1 is 1.03 bits per heavy atom. The molecule has 4 rings (SSSR count). The van der Waals surface area contributed by atoms with Gasteiger partial charge in [-0.15, -0.1) is 25.2 Å². The second-order valence-corrected chi connectivity index (χ2v) is 7.18. The second kappa shape index (κ2) is 7.79. The molecule has 154 valence electrons. The van der Waals surface area contributed by atoms with E-state index in [4.69, 9.17) is 11.6 Å². The third kappa shape index (κ3) is 3.73. The zero-order chi connectivity index (χ0) is 21.4. The van der Waals surface area contributed by atoms with E-state index in [1.54, 1.807) is 41.8 Å². The smallest absolute Gasteiger partial charge is 0.227 e. The molecule has 0 aliphatic heterocycles. The Labute approximate surface area is 175 Å². The maximum atomic E-state index is 13.6. The van der Waals surface area contributed by atoms with Gasteiger partial charge in [-0.3, -0.25) is 4.57 Å². The first-order valence-corrected chi connectivity index (χ1v) is 9.36. The number of benzene rings is 2. The molecule has 0 fully saturated rings. The molecule has 0 aliphatic rings. The Balaban J connectivity index is 1.61. The molecular weight excluding hydrogens is 414 g/mol. The summed E-state index contributed by atoms with van der Waals surface area (Å²) in [5.41, 5.74) is 0.977. The fourth-order valence-electron chi connectivity index (χ4n) is 3.01. The van der Waals surface area contributed by atoms with Crippen LogP contribution in [0.3, 0.4) is 0 Å². The fourth-order valence-corrected chi connectivity index (χ4v) is 3.20. The van der Waals surface area contributed by atoms with Crippen LogP contribution in [0.25, 0.3) is 17.1 Å². The zero-order valence-corrected chi connectivity index (χ0v) is 17.1. The highest BCUT2D eigenvalue weighted by molar-refractivity contribution is 6.30. The SMILES string of the molecule is CC(c1nnn(-c2cccc(Cl)c2)n1)N(C)c1nnc(-c2cc(F)cc(F)c2)n1C. The highest BCUT2D eigenvalue weighted by Crippen LogP contribution is 2.26. The van der Waals surface area contributed by atoms with Crippen LogP contribution in [0.2, 0.25) is 5.02 Å². The quantitative estimate of drug-likeness (QED) is 0.481. The predicted molar refractivity (Wildman–Crippen MR) is 107 cm³/mol. The summed E-state index contributed by atoms with van der Waals surface area (Å²) in [4.78, 5) is 3.19. The molecule has 0 saturated carbocycles. The second-order valence-electron chi connectivity index (χ2n) is 6.74. The van der Waals surface area contributed by atoms with Crippen molar-refractivity contribution in [1.29, 1.82) is 0 Å². The molecule has 0 aliphatic carbocycles. The molecule has 11 heteroatoms. The number of tetrazole rings is 1. The van der Waals surface area contributed by atoms with E-state index in [1.807, 2.05) is 13.0 Å². The van der Waals surface area contributed by atoms with Gasteiger partial charge in [0.1, 0.15) is 11.6 Å². The minimum absolute atomic E-state index is 0.292. The first kappa shape index (κ1) is 19.9. The first-order chi connectivity index (χ1) is 14.3. The number of aromatic nitrogens is 7. The Morgan fingerprint density at radius 2 is 1.77 bits per heavy atom. The molecular formula is C19H17ClF2N8. The summed E-state index contributed by atoms with van der Waals surface area (Å²) in [6, 6.07) is 10.0. The third-order valence-electron chi connectivity index (χ3n) is 4.71. The van der Waals surface area contributed by atoms with Gasteiger partial charge in [0, 0.05) is 30.7 Å². The molecule has 4 aromatic rings. The normalized spacial score (nSPS) is 12.2. The number of hydrogen-bond acceptors (Lipinski definition) is 6. The van der Waals surface area contributed by atoms with Gasteiger partial charge in [0.15, 0.2) is 11.6 Å². The average molecular weight is 431 g/mol. The maximum Gasteiger partial charge on any atom is 0.227 e. The molecule has 1 unspecified atom stereocenters. The van der Waals surface area contributed by atoms with E-state index in [0.717, 1.165) is 6.07 Å². The van der Waals surface area contributed by atoms with E-state index in [0.29, 0.717) is 33.9 Å². The molecule has 2 heterocycles. The highest BCUT2D eigenvalue weighted by Gasteiger charge is 2.23. The molecule has 2 aromatic heterocycles. The molecule has 0 saturated heterocycles. The summed E-state index contributed by atoms with van der Waals surface area (Å²) < 4.78 is 28.8. The lowest BCUT2D eigenvalue weighted by Crippen LogP contribution is -2.25. The lowest BCUT2D eigenvalue weighted by atomic mass is 10.2. The van der Waals surface area contributed by atoms with E-state index in [-0.39, 0.29) is 6.04 Å². The predicted octanol–water partition coefficient (Wildman–Crippen LogP) is 3.59. The van der Waals surface area contributed by atoms with Crippen molar-refractivity contribution in [3.63, 3.8) is 0 Å². The molecule has 0 N–H and O–H groups in total. The molecule has 2 aromatic carbocycles. The van der Waals surface area contributed by atoms with Crippen LogP contribution in [-0.4, -0.2) is 42.0 Å². The van der Waals surface area contributed by atoms with Crippen LogP contribution in [0.4, 0.5) is 14.7 Å². The summed E-state index contributed by atoms with van der Waals surface area (Å²) in [6.45, 7) is 1.88. The van der Waals surface area contributed by atoms with Gasteiger partial charge in [0.2, 0.25) is 5.95 Å². The van der Waals surface area contributed by atoms with Gasteiger partial charge in [-0.2, -0.15) is 0 Å². The molecule has 0 bridgehead atoms. The summed E-state index contributed by atoms with van der Waals surface area (Å²) in [5.74, 6) is -0.103. The standard InChI is InChI=1S/C19H17ClF2N8/c1-11(17-23-27-30(26-17)16-6-4-5-13(20)9-16)28(2)19-25-24-18(29(19)3)12-7-14(21)10-15(22)8-12/h4-11H,1-3H3. The Hall–Kier alpha value is -3.40. The number of anilines is 1. The lowest BCUT2D eigenvalue weighted by molar-refractivity contribution is 0.583. The number of nitrogens with zero attached hydrogens (tertiary/aromatic N) is 8. The van der Waals surface area contributed by atoms with Gasteiger partial charge in [-0.25, -0.2) is 8.78 Å². The number of hydrogen-bond donors (Lipinski definition) is 0. The van der Waals surface area contributed by atoms with Crippen molar-refractivity contribution in [2.75, 3.05) is 11.9 Å².